The van der Waals surface area contributed by atoms with E-state index in [-0.39, 0.29) is 18.1 Å². The lowest BCUT2D eigenvalue weighted by molar-refractivity contribution is 0.209. The molecule has 1 heterocycles. The lowest BCUT2D eigenvalue weighted by atomic mass is 10.1. The number of aryl methyl sites for hydroxylation is 1. The summed E-state index contributed by atoms with van der Waals surface area (Å²) in [5.74, 6) is 0.731. The van der Waals surface area contributed by atoms with Crippen molar-refractivity contribution in [3.05, 3.63) is 105 Å². The molecule has 0 atom stereocenters. The number of fused-ring (bicyclic) bond motifs is 1. The van der Waals surface area contributed by atoms with Gasteiger partial charge in [0, 0.05) is 33.7 Å². The highest BCUT2D eigenvalue weighted by atomic mass is 35.5. The minimum absolute atomic E-state index is 0.162. The summed E-state index contributed by atoms with van der Waals surface area (Å²) in [6, 6.07) is 22.2. The van der Waals surface area contributed by atoms with Crippen LogP contribution in [0.15, 0.2) is 77.6 Å². The minimum Gasteiger partial charge on any atom is -0.494 e. The number of aromatic nitrogens is 1. The van der Waals surface area contributed by atoms with E-state index < -0.39 is 0 Å². The number of hydrogen-bond acceptors (Lipinski definition) is 3. The fourth-order valence-corrected chi connectivity index (χ4v) is 4.06. The lowest BCUT2D eigenvalue weighted by Gasteiger charge is -2.23. The smallest absolute Gasteiger partial charge is 0.322 e. The predicted octanol–water partition coefficient (Wildman–Crippen LogP) is 6.17. The van der Waals surface area contributed by atoms with E-state index in [9.17, 15) is 9.59 Å². The highest BCUT2D eigenvalue weighted by Gasteiger charge is 2.17. The monoisotopic (exact) mass is 489 g/mol. The molecule has 3 aromatic carbocycles. The lowest BCUT2D eigenvalue weighted by Crippen LogP contribution is -2.37. The Labute approximate surface area is 209 Å². The van der Waals surface area contributed by atoms with Crippen LogP contribution in [0.2, 0.25) is 5.02 Å². The molecule has 35 heavy (non-hydrogen) atoms. The molecule has 0 saturated heterocycles. The number of rotatable bonds is 8. The second-order valence-electron chi connectivity index (χ2n) is 8.40. The van der Waals surface area contributed by atoms with Gasteiger partial charge in [0.1, 0.15) is 5.75 Å². The fourth-order valence-electron chi connectivity index (χ4n) is 3.93. The van der Waals surface area contributed by atoms with Crippen LogP contribution in [0.25, 0.3) is 10.9 Å². The molecular weight excluding hydrogens is 462 g/mol. The molecule has 0 fully saturated rings. The highest BCUT2D eigenvalue weighted by molar-refractivity contribution is 6.30. The van der Waals surface area contributed by atoms with Gasteiger partial charge in [-0.25, -0.2) is 4.79 Å². The average molecular weight is 490 g/mol. The summed E-state index contributed by atoms with van der Waals surface area (Å²) in [7, 11) is 0. The SMILES string of the molecule is CCOc1ccc2[nH]c(=O)c(CN(CCc3cccc(C)c3)C(=O)Nc3ccc(Cl)cc3)cc2c1. The van der Waals surface area contributed by atoms with Crippen LogP contribution in [0.1, 0.15) is 23.6 Å². The maximum Gasteiger partial charge on any atom is 0.322 e. The first-order valence-corrected chi connectivity index (χ1v) is 11.9. The Kier molecular flexibility index (Phi) is 7.73. The number of aromatic amines is 1. The van der Waals surface area contributed by atoms with Crippen molar-refractivity contribution < 1.29 is 9.53 Å². The van der Waals surface area contributed by atoms with Crippen molar-refractivity contribution in [2.45, 2.75) is 26.8 Å². The number of carbonyl (C=O) groups is 1. The number of H-pyrrole nitrogens is 1. The Hall–Kier alpha value is -3.77. The average Bonchev–Trinajstić information content (AvgIpc) is 2.84. The largest absolute Gasteiger partial charge is 0.494 e. The van der Waals surface area contributed by atoms with Crippen molar-refractivity contribution >= 4 is 34.2 Å². The zero-order valence-electron chi connectivity index (χ0n) is 19.8. The van der Waals surface area contributed by atoms with Gasteiger partial charge >= 0.3 is 6.03 Å². The standard InChI is InChI=1S/C28H28ClN3O3/c1-3-35-25-11-12-26-21(17-25)16-22(27(33)31-26)18-32(14-13-20-6-4-5-19(2)15-20)28(34)30-24-9-7-23(29)8-10-24/h4-12,15-17H,3,13-14,18H2,1-2H3,(H,30,34)(H,31,33). The van der Waals surface area contributed by atoms with Gasteiger partial charge in [-0.15, -0.1) is 0 Å². The third-order valence-electron chi connectivity index (χ3n) is 5.70. The van der Waals surface area contributed by atoms with E-state index in [2.05, 4.69) is 16.4 Å². The molecule has 0 aliphatic heterocycles. The van der Waals surface area contributed by atoms with Crippen LogP contribution in [-0.4, -0.2) is 29.1 Å². The Morgan fingerprint density at radius 2 is 1.86 bits per heavy atom. The van der Waals surface area contributed by atoms with E-state index in [4.69, 9.17) is 16.3 Å². The zero-order chi connectivity index (χ0) is 24.8. The first-order valence-electron chi connectivity index (χ1n) is 11.6. The molecule has 0 saturated carbocycles. The molecule has 7 heteroatoms. The summed E-state index contributed by atoms with van der Waals surface area (Å²) in [5.41, 5.74) is 3.93. The van der Waals surface area contributed by atoms with Crippen LogP contribution in [0, 0.1) is 6.92 Å². The van der Waals surface area contributed by atoms with E-state index in [1.807, 2.05) is 56.3 Å². The molecule has 4 rings (SSSR count). The summed E-state index contributed by atoms with van der Waals surface area (Å²) >= 11 is 5.97. The van der Waals surface area contributed by atoms with Crippen LogP contribution in [0.3, 0.4) is 0 Å². The number of ether oxygens (including phenoxy) is 1. The van der Waals surface area contributed by atoms with Gasteiger partial charge in [0.15, 0.2) is 0 Å². The number of nitrogens with zero attached hydrogens (tertiary/aromatic N) is 1. The molecule has 0 aliphatic rings. The predicted molar refractivity (Wildman–Crippen MR) is 142 cm³/mol. The minimum atomic E-state index is -0.289. The molecule has 0 radical (unpaired) electrons. The van der Waals surface area contributed by atoms with E-state index in [1.54, 1.807) is 29.2 Å². The van der Waals surface area contributed by atoms with Crippen LogP contribution < -0.4 is 15.6 Å². The zero-order valence-corrected chi connectivity index (χ0v) is 20.6. The van der Waals surface area contributed by atoms with Gasteiger partial charge in [-0.1, -0.05) is 41.4 Å². The van der Waals surface area contributed by atoms with Gasteiger partial charge in [0.2, 0.25) is 0 Å². The van der Waals surface area contributed by atoms with E-state index >= 15 is 0 Å². The topological polar surface area (TPSA) is 74.4 Å². The van der Waals surface area contributed by atoms with Gasteiger partial charge in [0.25, 0.3) is 5.56 Å². The number of urea groups is 1. The van der Waals surface area contributed by atoms with Crippen LogP contribution >= 0.6 is 11.6 Å². The summed E-state index contributed by atoms with van der Waals surface area (Å²) in [6.45, 7) is 5.13. The number of amides is 2. The Balaban J connectivity index is 1.60. The van der Waals surface area contributed by atoms with E-state index in [1.165, 1.54) is 0 Å². The number of carbonyl (C=O) groups excluding carboxylic acids is 1. The Morgan fingerprint density at radius 3 is 2.60 bits per heavy atom. The number of pyridine rings is 1. The molecule has 1 aromatic heterocycles. The van der Waals surface area contributed by atoms with Crippen LogP contribution in [-0.2, 0) is 13.0 Å². The van der Waals surface area contributed by atoms with Gasteiger partial charge in [0.05, 0.1) is 13.2 Å². The Bertz CT molecular complexity index is 1380. The van der Waals surface area contributed by atoms with Crippen molar-refractivity contribution in [2.75, 3.05) is 18.5 Å². The van der Waals surface area contributed by atoms with Gasteiger partial charge in [-0.3, -0.25) is 4.79 Å². The molecule has 0 aliphatic carbocycles. The number of benzene rings is 3. The summed E-state index contributed by atoms with van der Waals surface area (Å²) < 4.78 is 5.60. The maximum absolute atomic E-state index is 13.3. The maximum atomic E-state index is 13.3. The van der Waals surface area contributed by atoms with Gasteiger partial charge in [-0.05, 0) is 74.4 Å². The highest BCUT2D eigenvalue weighted by Crippen LogP contribution is 2.20. The number of hydrogen-bond donors (Lipinski definition) is 2. The molecule has 0 unspecified atom stereocenters. The summed E-state index contributed by atoms with van der Waals surface area (Å²) in [5, 5.41) is 4.36. The van der Waals surface area contributed by atoms with Gasteiger partial charge < -0.3 is 19.9 Å². The molecule has 6 nitrogen and oxygen atoms in total. The molecule has 4 aromatic rings. The third kappa shape index (κ3) is 6.43. The molecule has 0 bridgehead atoms. The van der Waals surface area contributed by atoms with Gasteiger partial charge in [-0.2, -0.15) is 0 Å². The third-order valence-corrected chi connectivity index (χ3v) is 5.95. The second-order valence-corrected chi connectivity index (χ2v) is 8.84. The second kappa shape index (κ2) is 11.1. The van der Waals surface area contributed by atoms with Crippen LogP contribution in [0.4, 0.5) is 10.5 Å². The Morgan fingerprint density at radius 1 is 1.06 bits per heavy atom. The number of halogens is 1. The van der Waals surface area contributed by atoms with Crippen molar-refractivity contribution in [3.8, 4) is 5.75 Å². The van der Waals surface area contributed by atoms with E-state index in [0.717, 1.165) is 27.8 Å². The fraction of sp³-hybridized carbons (Fsp3) is 0.214. The molecule has 0 spiro atoms. The normalized spacial score (nSPS) is 10.8. The first-order chi connectivity index (χ1) is 16.9. The number of nitrogens with one attached hydrogen (secondary N) is 2. The van der Waals surface area contributed by atoms with Crippen molar-refractivity contribution in [3.63, 3.8) is 0 Å². The summed E-state index contributed by atoms with van der Waals surface area (Å²) in [4.78, 5) is 30.7. The molecule has 180 valence electrons. The molecule has 2 N–H and O–H groups in total. The number of anilines is 1. The van der Waals surface area contributed by atoms with Crippen molar-refractivity contribution in [1.29, 1.82) is 0 Å². The molecular formula is C28H28ClN3O3. The van der Waals surface area contributed by atoms with Crippen LogP contribution in [0.5, 0.6) is 5.75 Å². The van der Waals surface area contributed by atoms with Crippen molar-refractivity contribution in [2.24, 2.45) is 0 Å². The quantitative estimate of drug-likeness (QED) is 0.311. The van der Waals surface area contributed by atoms with E-state index in [0.29, 0.717) is 35.8 Å². The first kappa shape index (κ1) is 24.4. The summed E-state index contributed by atoms with van der Waals surface area (Å²) in [6.07, 6.45) is 0.662. The van der Waals surface area contributed by atoms with Crippen molar-refractivity contribution in [1.82, 2.24) is 9.88 Å². The molecule has 2 amide bonds.